The highest BCUT2D eigenvalue weighted by Crippen LogP contribution is 2.25. The molecule has 0 unspecified atom stereocenters. The minimum Gasteiger partial charge on any atom is -0.381 e. The highest BCUT2D eigenvalue weighted by molar-refractivity contribution is 14.1. The van der Waals surface area contributed by atoms with Crippen molar-refractivity contribution in [1.82, 2.24) is 0 Å². The molecule has 1 nitrogen and oxygen atoms in total. The van der Waals surface area contributed by atoms with Crippen molar-refractivity contribution in [3.8, 4) is 0 Å². The Kier molecular flexibility index (Phi) is 2.37. The third-order valence-electron chi connectivity index (χ3n) is 2.40. The van der Waals surface area contributed by atoms with Crippen molar-refractivity contribution in [3.63, 3.8) is 0 Å². The summed E-state index contributed by atoms with van der Waals surface area (Å²) in [4.78, 5) is 0. The van der Waals surface area contributed by atoms with Crippen LogP contribution in [0, 0.1) is 3.57 Å². The second kappa shape index (κ2) is 3.34. The largest absolute Gasteiger partial charge is 0.381 e. The smallest absolute Gasteiger partial charge is 0.0652 e. The van der Waals surface area contributed by atoms with Crippen LogP contribution >= 0.6 is 22.6 Å². The number of rotatable bonds is 1. The van der Waals surface area contributed by atoms with Gasteiger partial charge in [-0.25, -0.2) is 0 Å². The summed E-state index contributed by atoms with van der Waals surface area (Å²) in [6.45, 7) is 0. The summed E-state index contributed by atoms with van der Waals surface area (Å²) >= 11 is 2.35. The number of hydrogen-bond acceptors (Lipinski definition) is 1. The molecular weight excluding hydrogens is 263 g/mol. The van der Waals surface area contributed by atoms with E-state index in [9.17, 15) is 0 Å². The van der Waals surface area contributed by atoms with Crippen LogP contribution in [0.1, 0.15) is 11.1 Å². The van der Waals surface area contributed by atoms with E-state index in [1.165, 1.54) is 14.7 Å². The molecule has 12 heavy (non-hydrogen) atoms. The fourth-order valence-corrected chi connectivity index (χ4v) is 2.27. The lowest BCUT2D eigenvalue weighted by molar-refractivity contribution is 0.112. The van der Waals surface area contributed by atoms with Crippen molar-refractivity contribution in [3.05, 3.63) is 32.9 Å². The van der Waals surface area contributed by atoms with Crippen molar-refractivity contribution in [2.45, 2.75) is 18.9 Å². The molecule has 0 radical (unpaired) electrons. The van der Waals surface area contributed by atoms with E-state index in [1.807, 2.05) is 0 Å². The molecule has 1 aromatic carbocycles. The second-order valence-electron chi connectivity index (χ2n) is 3.18. The van der Waals surface area contributed by atoms with Gasteiger partial charge in [0, 0.05) is 10.7 Å². The summed E-state index contributed by atoms with van der Waals surface area (Å²) in [7, 11) is 1.79. The van der Waals surface area contributed by atoms with Gasteiger partial charge < -0.3 is 4.74 Å². The first-order valence-corrected chi connectivity index (χ1v) is 5.17. The van der Waals surface area contributed by atoms with Gasteiger partial charge in [-0.1, -0.05) is 6.07 Å². The van der Waals surface area contributed by atoms with Crippen molar-refractivity contribution in [1.29, 1.82) is 0 Å². The van der Waals surface area contributed by atoms with Gasteiger partial charge in [-0.2, -0.15) is 0 Å². The highest BCUT2D eigenvalue weighted by Gasteiger charge is 2.20. The molecule has 2 heteroatoms. The minimum absolute atomic E-state index is 0.415. The van der Waals surface area contributed by atoms with E-state index in [-0.39, 0.29) is 0 Å². The number of ether oxygens (including phenoxy) is 1. The molecule has 1 atom stereocenters. The van der Waals surface area contributed by atoms with E-state index in [1.54, 1.807) is 7.11 Å². The van der Waals surface area contributed by atoms with E-state index in [0.717, 1.165) is 12.8 Å². The Hall–Kier alpha value is -0.0900. The highest BCUT2D eigenvalue weighted by atomic mass is 127. The summed E-state index contributed by atoms with van der Waals surface area (Å²) in [5.74, 6) is 0. The quantitative estimate of drug-likeness (QED) is 0.714. The predicted molar refractivity (Wildman–Crippen MR) is 57.4 cm³/mol. The normalized spacial score (nSPS) is 21.0. The molecule has 1 aliphatic carbocycles. The Bertz CT molecular complexity index is 296. The van der Waals surface area contributed by atoms with Crippen LogP contribution in [0.4, 0.5) is 0 Å². The van der Waals surface area contributed by atoms with E-state index in [0.29, 0.717) is 6.10 Å². The van der Waals surface area contributed by atoms with Crippen molar-refractivity contribution in [2.24, 2.45) is 0 Å². The Labute approximate surface area is 86.3 Å². The van der Waals surface area contributed by atoms with E-state index in [2.05, 4.69) is 40.8 Å². The van der Waals surface area contributed by atoms with E-state index < -0.39 is 0 Å². The molecule has 0 amide bonds. The van der Waals surface area contributed by atoms with Crippen molar-refractivity contribution in [2.75, 3.05) is 7.11 Å². The topological polar surface area (TPSA) is 9.23 Å². The lowest BCUT2D eigenvalue weighted by atomic mass is 10.1. The van der Waals surface area contributed by atoms with E-state index >= 15 is 0 Å². The molecule has 0 bridgehead atoms. The number of hydrogen-bond donors (Lipinski definition) is 0. The summed E-state index contributed by atoms with van der Waals surface area (Å²) in [5.41, 5.74) is 2.93. The first-order chi connectivity index (χ1) is 5.79. The Morgan fingerprint density at radius 3 is 2.83 bits per heavy atom. The standard InChI is InChI=1S/C10H11IO/c1-12-10-5-7-2-3-9(11)4-8(7)6-10/h2-4,10H,5-6H2,1H3/t10-/m1/s1. The zero-order valence-electron chi connectivity index (χ0n) is 7.01. The number of halogens is 1. The molecule has 0 saturated heterocycles. The maximum absolute atomic E-state index is 5.33. The van der Waals surface area contributed by atoms with Gasteiger partial charge in [0.1, 0.15) is 0 Å². The Balaban J connectivity index is 2.30. The van der Waals surface area contributed by atoms with Crippen LogP contribution < -0.4 is 0 Å². The van der Waals surface area contributed by atoms with Crippen molar-refractivity contribution >= 4 is 22.6 Å². The molecule has 0 spiro atoms. The number of benzene rings is 1. The minimum atomic E-state index is 0.415. The van der Waals surface area contributed by atoms with Crippen LogP contribution in [0.25, 0.3) is 0 Å². The molecule has 0 aliphatic heterocycles. The average Bonchev–Trinajstić information content (AvgIpc) is 2.46. The Morgan fingerprint density at radius 2 is 2.08 bits per heavy atom. The third kappa shape index (κ3) is 1.50. The van der Waals surface area contributed by atoms with Crippen LogP contribution in [0.3, 0.4) is 0 Å². The van der Waals surface area contributed by atoms with Gasteiger partial charge in [-0.05, 0) is 58.7 Å². The van der Waals surface area contributed by atoms with Crippen LogP contribution in [0.15, 0.2) is 18.2 Å². The summed E-state index contributed by atoms with van der Waals surface area (Å²) < 4.78 is 6.65. The Morgan fingerprint density at radius 1 is 1.33 bits per heavy atom. The lowest BCUT2D eigenvalue weighted by Gasteiger charge is -2.03. The molecule has 0 fully saturated rings. The molecule has 2 rings (SSSR count). The van der Waals surface area contributed by atoms with Crippen LogP contribution in [0.2, 0.25) is 0 Å². The van der Waals surface area contributed by atoms with Crippen LogP contribution in [0.5, 0.6) is 0 Å². The molecule has 0 N–H and O–H groups in total. The molecular formula is C10H11IO. The molecule has 0 heterocycles. The zero-order chi connectivity index (χ0) is 8.55. The third-order valence-corrected chi connectivity index (χ3v) is 3.07. The molecule has 0 saturated carbocycles. The zero-order valence-corrected chi connectivity index (χ0v) is 9.17. The summed E-state index contributed by atoms with van der Waals surface area (Å²) in [6, 6.07) is 6.64. The molecule has 64 valence electrons. The summed E-state index contributed by atoms with van der Waals surface area (Å²) in [5, 5.41) is 0. The lowest BCUT2D eigenvalue weighted by Crippen LogP contribution is -2.08. The SMILES string of the molecule is CO[C@@H]1Cc2ccc(I)cc2C1. The first kappa shape index (κ1) is 8.51. The predicted octanol–water partition coefficient (Wildman–Crippen LogP) is 2.40. The average molecular weight is 274 g/mol. The number of fused-ring (bicyclic) bond motifs is 1. The van der Waals surface area contributed by atoms with Crippen molar-refractivity contribution < 1.29 is 4.74 Å². The van der Waals surface area contributed by atoms with Crippen LogP contribution in [-0.4, -0.2) is 13.2 Å². The van der Waals surface area contributed by atoms with Gasteiger partial charge in [0.05, 0.1) is 6.10 Å². The summed E-state index contributed by atoms with van der Waals surface area (Å²) in [6.07, 6.45) is 2.59. The maximum atomic E-state index is 5.33. The number of methoxy groups -OCH3 is 1. The fourth-order valence-electron chi connectivity index (χ4n) is 1.71. The van der Waals surface area contributed by atoms with Gasteiger partial charge in [0.15, 0.2) is 0 Å². The fraction of sp³-hybridized carbons (Fsp3) is 0.400. The molecule has 1 aromatic rings. The van der Waals surface area contributed by atoms with Gasteiger partial charge in [0.25, 0.3) is 0 Å². The maximum Gasteiger partial charge on any atom is 0.0652 e. The second-order valence-corrected chi connectivity index (χ2v) is 4.42. The molecule has 1 aliphatic rings. The van der Waals surface area contributed by atoms with Crippen LogP contribution in [-0.2, 0) is 17.6 Å². The monoisotopic (exact) mass is 274 g/mol. The van der Waals surface area contributed by atoms with E-state index in [4.69, 9.17) is 4.74 Å². The van der Waals surface area contributed by atoms with Gasteiger partial charge in [-0.3, -0.25) is 0 Å². The molecule has 0 aromatic heterocycles. The van der Waals surface area contributed by atoms with Gasteiger partial charge in [0.2, 0.25) is 0 Å². The van der Waals surface area contributed by atoms with Gasteiger partial charge in [-0.15, -0.1) is 0 Å². The first-order valence-electron chi connectivity index (χ1n) is 4.09. The van der Waals surface area contributed by atoms with Gasteiger partial charge >= 0.3 is 0 Å².